The summed E-state index contributed by atoms with van der Waals surface area (Å²) in [6, 6.07) is -0.417. The van der Waals surface area contributed by atoms with Gasteiger partial charge in [0.15, 0.2) is 0 Å². The third-order valence-electron chi connectivity index (χ3n) is 2.46. The van der Waals surface area contributed by atoms with E-state index in [0.29, 0.717) is 19.5 Å². The molecule has 2 amide bonds. The highest BCUT2D eigenvalue weighted by Crippen LogP contribution is 2.12. The molecule has 9 nitrogen and oxygen atoms in total. The third kappa shape index (κ3) is 3.82. The Bertz CT molecular complexity index is 417. The molecule has 0 bridgehead atoms. The molecule has 0 spiro atoms. The minimum atomic E-state index is -4.14. The fourth-order valence-corrected chi connectivity index (χ4v) is 2.94. The summed E-state index contributed by atoms with van der Waals surface area (Å²) in [6.07, 6.45) is -0.578. The first-order valence-corrected chi connectivity index (χ1v) is 6.67. The molecule has 10 heteroatoms. The van der Waals surface area contributed by atoms with Crippen LogP contribution in [0, 0.1) is 0 Å². The lowest BCUT2D eigenvalue weighted by Gasteiger charge is -2.25. The predicted octanol–water partition coefficient (Wildman–Crippen LogP) is -2.26. The summed E-state index contributed by atoms with van der Waals surface area (Å²) < 4.78 is 30.6. The number of carbonyl (C=O) groups excluding carboxylic acids is 2. The van der Waals surface area contributed by atoms with E-state index >= 15 is 0 Å². The second kappa shape index (κ2) is 5.98. The van der Waals surface area contributed by atoms with Gasteiger partial charge in [-0.05, 0) is 13.0 Å². The van der Waals surface area contributed by atoms with Gasteiger partial charge in [0.1, 0.15) is 0 Å². The molecule has 0 aliphatic carbocycles. The maximum atomic E-state index is 11.9. The van der Waals surface area contributed by atoms with Gasteiger partial charge in [0.25, 0.3) is 0 Å². The van der Waals surface area contributed by atoms with E-state index in [1.165, 1.54) is 0 Å². The molecular weight excluding hydrogens is 264 g/mol. The monoisotopic (exact) mass is 280 g/mol. The van der Waals surface area contributed by atoms with Crippen LogP contribution < -0.4 is 15.8 Å². The van der Waals surface area contributed by atoms with E-state index in [9.17, 15) is 18.0 Å². The van der Waals surface area contributed by atoms with Crippen molar-refractivity contribution in [2.45, 2.75) is 12.5 Å². The molecule has 1 unspecified atom stereocenters. The molecule has 18 heavy (non-hydrogen) atoms. The van der Waals surface area contributed by atoms with Crippen LogP contribution in [0.2, 0.25) is 0 Å². The minimum Gasteiger partial charge on any atom is -0.452 e. The van der Waals surface area contributed by atoms with Crippen molar-refractivity contribution in [1.82, 2.24) is 14.3 Å². The maximum absolute atomic E-state index is 11.9. The molecule has 1 aliphatic heterocycles. The molecule has 0 radical (unpaired) electrons. The zero-order valence-electron chi connectivity index (χ0n) is 9.88. The highest BCUT2D eigenvalue weighted by Gasteiger charge is 2.34. The molecule has 1 atom stereocenters. The van der Waals surface area contributed by atoms with Gasteiger partial charge in [-0.15, -0.1) is 0 Å². The van der Waals surface area contributed by atoms with Crippen LogP contribution in [0.25, 0.3) is 0 Å². The molecule has 1 saturated heterocycles. The maximum Gasteiger partial charge on any atom is 0.421 e. The van der Waals surface area contributed by atoms with E-state index in [1.807, 2.05) is 0 Å². The number of carbonyl (C=O) groups is 2. The molecule has 0 aromatic rings. The van der Waals surface area contributed by atoms with Gasteiger partial charge in [-0.3, -0.25) is 4.79 Å². The Labute approximate surface area is 105 Å². The van der Waals surface area contributed by atoms with Crippen LogP contribution in [0.4, 0.5) is 4.79 Å². The van der Waals surface area contributed by atoms with Crippen LogP contribution in [0.5, 0.6) is 0 Å². The SMILES string of the molecule is COC(=O)NS(=O)(=O)N(CC(N)=O)C1CCNC1. The van der Waals surface area contributed by atoms with Crippen molar-refractivity contribution in [1.29, 1.82) is 0 Å². The van der Waals surface area contributed by atoms with E-state index in [2.05, 4.69) is 10.1 Å². The summed E-state index contributed by atoms with van der Waals surface area (Å²) in [6.45, 7) is 0.543. The highest BCUT2D eigenvalue weighted by atomic mass is 32.2. The number of primary amides is 1. The van der Waals surface area contributed by atoms with Crippen LogP contribution in [-0.4, -0.2) is 57.5 Å². The van der Waals surface area contributed by atoms with Crippen molar-refractivity contribution < 1.29 is 22.7 Å². The van der Waals surface area contributed by atoms with Crippen LogP contribution in [-0.2, 0) is 19.7 Å². The van der Waals surface area contributed by atoms with E-state index in [0.717, 1.165) is 11.4 Å². The number of nitrogens with two attached hydrogens (primary N) is 1. The van der Waals surface area contributed by atoms with E-state index in [4.69, 9.17) is 5.73 Å². The highest BCUT2D eigenvalue weighted by molar-refractivity contribution is 7.87. The second-order valence-corrected chi connectivity index (χ2v) is 5.38. The first-order valence-electron chi connectivity index (χ1n) is 5.23. The molecular formula is C8H16N4O5S. The van der Waals surface area contributed by atoms with Gasteiger partial charge in [0.05, 0.1) is 13.7 Å². The zero-order chi connectivity index (χ0) is 13.8. The van der Waals surface area contributed by atoms with Crippen LogP contribution in [0.3, 0.4) is 0 Å². The van der Waals surface area contributed by atoms with E-state index < -0.39 is 34.8 Å². The molecule has 1 aliphatic rings. The van der Waals surface area contributed by atoms with Crippen molar-refractivity contribution in [3.05, 3.63) is 0 Å². The Morgan fingerprint density at radius 3 is 2.67 bits per heavy atom. The Hall–Kier alpha value is -1.39. The topological polar surface area (TPSA) is 131 Å². The third-order valence-corrected chi connectivity index (χ3v) is 3.93. The average molecular weight is 280 g/mol. The number of rotatable bonds is 5. The molecule has 0 aromatic heterocycles. The fraction of sp³-hybridized carbons (Fsp3) is 0.750. The van der Waals surface area contributed by atoms with Crippen molar-refractivity contribution in [2.75, 3.05) is 26.7 Å². The molecule has 1 rings (SSSR count). The Morgan fingerprint density at radius 1 is 1.56 bits per heavy atom. The molecule has 0 saturated carbocycles. The lowest BCUT2D eigenvalue weighted by atomic mass is 10.2. The van der Waals surface area contributed by atoms with E-state index in [-0.39, 0.29) is 0 Å². The number of methoxy groups -OCH3 is 1. The second-order valence-electron chi connectivity index (χ2n) is 3.76. The van der Waals surface area contributed by atoms with Gasteiger partial charge in [-0.2, -0.15) is 12.7 Å². The molecule has 4 N–H and O–H groups in total. The smallest absolute Gasteiger partial charge is 0.421 e. The normalized spacial score (nSPS) is 19.8. The fourth-order valence-electron chi connectivity index (χ4n) is 1.65. The summed E-state index contributed by atoms with van der Waals surface area (Å²) in [4.78, 5) is 21.9. The van der Waals surface area contributed by atoms with Crippen molar-refractivity contribution in [3.8, 4) is 0 Å². The summed E-state index contributed by atoms with van der Waals surface area (Å²) in [5.74, 6) is -0.794. The largest absolute Gasteiger partial charge is 0.452 e. The number of nitrogens with one attached hydrogen (secondary N) is 2. The Morgan fingerprint density at radius 2 is 2.22 bits per heavy atom. The lowest BCUT2D eigenvalue weighted by Crippen LogP contribution is -2.52. The molecule has 1 heterocycles. The van der Waals surface area contributed by atoms with Crippen LogP contribution in [0.15, 0.2) is 0 Å². The van der Waals surface area contributed by atoms with Gasteiger partial charge in [-0.25, -0.2) is 9.52 Å². The predicted molar refractivity (Wildman–Crippen MR) is 61.6 cm³/mol. The number of hydrogen-bond acceptors (Lipinski definition) is 6. The van der Waals surface area contributed by atoms with Gasteiger partial charge in [-0.1, -0.05) is 0 Å². The number of amides is 2. The minimum absolute atomic E-state index is 0.398. The first-order chi connectivity index (χ1) is 8.36. The van der Waals surface area contributed by atoms with E-state index in [1.54, 1.807) is 4.72 Å². The van der Waals surface area contributed by atoms with Crippen LogP contribution >= 0.6 is 0 Å². The van der Waals surface area contributed by atoms with Crippen LogP contribution in [0.1, 0.15) is 6.42 Å². The average Bonchev–Trinajstić information content (AvgIpc) is 2.77. The first kappa shape index (κ1) is 14.7. The summed E-state index contributed by atoms with van der Waals surface area (Å²) in [7, 11) is -3.10. The number of nitrogens with zero attached hydrogens (tertiary/aromatic N) is 1. The van der Waals surface area contributed by atoms with Gasteiger partial charge in [0, 0.05) is 12.6 Å². The lowest BCUT2D eigenvalue weighted by molar-refractivity contribution is -0.118. The van der Waals surface area contributed by atoms with Crippen molar-refractivity contribution in [3.63, 3.8) is 0 Å². The summed E-state index contributed by atoms with van der Waals surface area (Å²) >= 11 is 0. The molecule has 104 valence electrons. The van der Waals surface area contributed by atoms with Crippen molar-refractivity contribution in [2.24, 2.45) is 5.73 Å². The van der Waals surface area contributed by atoms with Gasteiger partial charge in [0.2, 0.25) is 5.91 Å². The molecule has 0 aromatic carbocycles. The van der Waals surface area contributed by atoms with Gasteiger partial charge >= 0.3 is 16.3 Å². The quantitative estimate of drug-likeness (QED) is 0.521. The Kier molecular flexibility index (Phi) is 4.87. The summed E-state index contributed by atoms with van der Waals surface area (Å²) in [5, 5.41) is 2.96. The standard InChI is InChI=1S/C8H16N4O5S/c1-17-8(14)11-18(15,16)12(5-7(9)13)6-2-3-10-4-6/h6,10H,2-5H2,1H3,(H2,9,13)(H,11,14). The Balaban J connectivity index is 2.86. The summed E-state index contributed by atoms with van der Waals surface area (Å²) in [5.41, 5.74) is 5.01. The number of hydrogen-bond donors (Lipinski definition) is 3. The molecule has 1 fully saturated rings. The van der Waals surface area contributed by atoms with Crippen molar-refractivity contribution >= 4 is 22.2 Å². The number of ether oxygens (including phenoxy) is 1. The van der Waals surface area contributed by atoms with Gasteiger partial charge < -0.3 is 15.8 Å². The zero-order valence-corrected chi connectivity index (χ0v) is 10.7.